The summed E-state index contributed by atoms with van der Waals surface area (Å²) in [5.74, 6) is 0.922. The van der Waals surface area contributed by atoms with Crippen LogP contribution in [0.3, 0.4) is 0 Å². The Morgan fingerprint density at radius 2 is 1.29 bits per heavy atom. The van der Waals surface area contributed by atoms with Crippen LogP contribution in [0, 0.1) is 6.92 Å². The Kier molecular flexibility index (Phi) is 3.98. The molecule has 2 aromatic carbocycles. The van der Waals surface area contributed by atoms with E-state index in [1.807, 2.05) is 0 Å². The highest BCUT2D eigenvalue weighted by atomic mass is 14.2. The Balaban J connectivity index is 2.02. The van der Waals surface area contributed by atoms with E-state index >= 15 is 0 Å². The highest BCUT2D eigenvalue weighted by Crippen LogP contribution is 2.28. The Hall–Kier alpha value is -1.56. The molecule has 2 atom stereocenters. The molecule has 0 N–H and O–H groups in total. The van der Waals surface area contributed by atoms with Crippen LogP contribution in [0.1, 0.15) is 36.3 Å². The van der Waals surface area contributed by atoms with Crippen LogP contribution in [0.5, 0.6) is 0 Å². The van der Waals surface area contributed by atoms with Gasteiger partial charge in [0.2, 0.25) is 0 Å². The smallest absolute Gasteiger partial charge is 0.0156 e. The van der Waals surface area contributed by atoms with Crippen LogP contribution < -0.4 is 0 Å². The normalized spacial score (nSPS) is 14.2. The molecule has 0 fully saturated rings. The van der Waals surface area contributed by atoms with Crippen molar-refractivity contribution in [2.45, 2.75) is 25.2 Å². The minimum Gasteiger partial charge on any atom is -0.0622 e. The van der Waals surface area contributed by atoms with E-state index in [1.165, 1.54) is 11.1 Å². The third-order valence-electron chi connectivity index (χ3n) is 3.28. The fourth-order valence-electron chi connectivity index (χ4n) is 2.21. The largest absolute Gasteiger partial charge is 0.0622 e. The summed E-state index contributed by atoms with van der Waals surface area (Å²) in [7, 11) is 0. The van der Waals surface area contributed by atoms with E-state index in [2.05, 4.69) is 74.5 Å². The minimum absolute atomic E-state index is 0.367. The molecule has 0 aliphatic rings. The van der Waals surface area contributed by atoms with Gasteiger partial charge in [0, 0.05) is 0 Å². The maximum absolute atomic E-state index is 4.27. The van der Waals surface area contributed by atoms with Gasteiger partial charge in [0.25, 0.3) is 0 Å². The van der Waals surface area contributed by atoms with Gasteiger partial charge in [0.05, 0.1) is 0 Å². The van der Waals surface area contributed by atoms with Gasteiger partial charge in [-0.25, -0.2) is 0 Å². The maximum atomic E-state index is 4.27. The molecule has 2 unspecified atom stereocenters. The number of hydrogen-bond acceptors (Lipinski definition) is 0. The molecule has 2 rings (SSSR count). The van der Waals surface area contributed by atoms with Crippen molar-refractivity contribution >= 4 is 0 Å². The van der Waals surface area contributed by atoms with Crippen molar-refractivity contribution in [2.24, 2.45) is 0 Å². The molecule has 87 valence electrons. The van der Waals surface area contributed by atoms with Gasteiger partial charge in [0.1, 0.15) is 0 Å². The average molecular weight is 223 g/mol. The second-order valence-corrected chi connectivity index (χ2v) is 4.66. The molecule has 0 amide bonds. The lowest BCUT2D eigenvalue weighted by atomic mass is 9.87. The lowest BCUT2D eigenvalue weighted by molar-refractivity contribution is 0.627. The molecule has 2 aromatic rings. The highest BCUT2D eigenvalue weighted by Gasteiger charge is 2.11. The van der Waals surface area contributed by atoms with Gasteiger partial charge < -0.3 is 0 Å². The first-order chi connectivity index (χ1) is 8.27. The molecule has 0 aliphatic carbocycles. The van der Waals surface area contributed by atoms with E-state index in [9.17, 15) is 0 Å². The zero-order valence-electron chi connectivity index (χ0n) is 10.3. The second kappa shape index (κ2) is 5.67. The van der Waals surface area contributed by atoms with E-state index in [-0.39, 0.29) is 0 Å². The Morgan fingerprint density at radius 3 is 1.82 bits per heavy atom. The number of benzene rings is 2. The van der Waals surface area contributed by atoms with Gasteiger partial charge in [-0.15, -0.1) is 0 Å². The zero-order valence-corrected chi connectivity index (χ0v) is 10.3. The molecule has 0 aromatic heterocycles. The molecule has 0 saturated carbocycles. The lowest BCUT2D eigenvalue weighted by Gasteiger charge is -2.17. The lowest BCUT2D eigenvalue weighted by Crippen LogP contribution is -2.01. The molecule has 0 bridgehead atoms. The molecule has 0 spiro atoms. The third kappa shape index (κ3) is 3.20. The first kappa shape index (κ1) is 11.9. The molecule has 0 heteroatoms. The molecule has 0 saturated heterocycles. The van der Waals surface area contributed by atoms with Gasteiger partial charge in [-0.1, -0.05) is 67.6 Å². The fourth-order valence-corrected chi connectivity index (χ4v) is 2.21. The Labute approximate surface area is 104 Å². The van der Waals surface area contributed by atoms with Crippen molar-refractivity contribution in [2.75, 3.05) is 0 Å². The van der Waals surface area contributed by atoms with Crippen LogP contribution in [-0.4, -0.2) is 0 Å². The summed E-state index contributed by atoms with van der Waals surface area (Å²) in [5, 5.41) is 0. The summed E-state index contributed by atoms with van der Waals surface area (Å²) >= 11 is 0. The Morgan fingerprint density at radius 1 is 0.824 bits per heavy atom. The quantitative estimate of drug-likeness (QED) is 0.698. The summed E-state index contributed by atoms with van der Waals surface area (Å²) in [6.45, 7) is 6.55. The first-order valence-electron chi connectivity index (χ1n) is 6.20. The van der Waals surface area contributed by atoms with E-state index in [1.54, 1.807) is 0 Å². The summed E-state index contributed by atoms with van der Waals surface area (Å²) < 4.78 is 0. The molecule has 17 heavy (non-hydrogen) atoms. The topological polar surface area (TPSA) is 0 Å². The molecule has 1 radical (unpaired) electrons. The van der Waals surface area contributed by atoms with Crippen molar-refractivity contribution in [3.8, 4) is 0 Å². The monoisotopic (exact) mass is 223 g/mol. The van der Waals surface area contributed by atoms with E-state index in [0.29, 0.717) is 11.8 Å². The second-order valence-electron chi connectivity index (χ2n) is 4.66. The molecule has 0 aliphatic heterocycles. The Bertz CT molecular complexity index is 387. The summed E-state index contributed by atoms with van der Waals surface area (Å²) in [6.07, 6.45) is 1.09. The highest BCUT2D eigenvalue weighted by molar-refractivity contribution is 5.23. The summed E-state index contributed by atoms with van der Waals surface area (Å²) in [4.78, 5) is 0. The van der Waals surface area contributed by atoms with Crippen LogP contribution in [0.25, 0.3) is 0 Å². The minimum atomic E-state index is 0.367. The number of rotatable bonds is 4. The average Bonchev–Trinajstić information content (AvgIpc) is 2.40. The van der Waals surface area contributed by atoms with Crippen LogP contribution >= 0.6 is 0 Å². The van der Waals surface area contributed by atoms with Gasteiger partial charge in [-0.2, -0.15) is 0 Å². The molecular weight excluding hydrogens is 204 g/mol. The van der Waals surface area contributed by atoms with Crippen molar-refractivity contribution < 1.29 is 0 Å². The van der Waals surface area contributed by atoms with Crippen molar-refractivity contribution in [3.05, 3.63) is 78.7 Å². The van der Waals surface area contributed by atoms with Gasteiger partial charge in [-0.05, 0) is 36.3 Å². The summed E-state index contributed by atoms with van der Waals surface area (Å²) in [5.41, 5.74) is 2.73. The fraction of sp³-hybridized carbons (Fsp3) is 0.235. The van der Waals surface area contributed by atoms with Crippen molar-refractivity contribution in [1.82, 2.24) is 0 Å². The predicted octanol–water partition coefficient (Wildman–Crippen LogP) is 4.80. The number of hydrogen-bond donors (Lipinski definition) is 0. The van der Waals surface area contributed by atoms with Crippen LogP contribution in [0.4, 0.5) is 0 Å². The van der Waals surface area contributed by atoms with Crippen molar-refractivity contribution in [1.29, 1.82) is 0 Å². The van der Waals surface area contributed by atoms with E-state index in [0.717, 1.165) is 6.42 Å². The zero-order chi connectivity index (χ0) is 12.1. The van der Waals surface area contributed by atoms with E-state index < -0.39 is 0 Å². The van der Waals surface area contributed by atoms with Crippen molar-refractivity contribution in [3.63, 3.8) is 0 Å². The van der Waals surface area contributed by atoms with Crippen LogP contribution in [-0.2, 0) is 0 Å². The summed E-state index contributed by atoms with van der Waals surface area (Å²) in [6, 6.07) is 21.2. The van der Waals surface area contributed by atoms with Gasteiger partial charge >= 0.3 is 0 Å². The third-order valence-corrected chi connectivity index (χ3v) is 3.28. The van der Waals surface area contributed by atoms with Gasteiger partial charge in [-0.3, -0.25) is 0 Å². The molecule has 0 heterocycles. The first-order valence-corrected chi connectivity index (χ1v) is 6.20. The van der Waals surface area contributed by atoms with Crippen LogP contribution in [0.15, 0.2) is 60.7 Å². The maximum Gasteiger partial charge on any atom is -0.0156 e. The van der Waals surface area contributed by atoms with Crippen LogP contribution in [0.2, 0.25) is 0 Å². The van der Waals surface area contributed by atoms with E-state index in [4.69, 9.17) is 0 Å². The molecule has 0 nitrogen and oxygen atoms in total. The molecular formula is C17H19. The van der Waals surface area contributed by atoms with Gasteiger partial charge in [0.15, 0.2) is 0 Å². The standard InChI is InChI=1S/C17H19/c1-14(16-9-5-3-6-10-16)13-15(2)17-11-7-4-8-12-17/h3-12,14-15H,1,13H2,2H3. The predicted molar refractivity (Wildman–Crippen MR) is 74.0 cm³/mol. The SMILES string of the molecule is [CH2]C(CC(C)c1ccccc1)c1ccccc1.